The Morgan fingerprint density at radius 1 is 1.25 bits per heavy atom. The Bertz CT molecular complexity index is 590. The molecule has 1 heterocycles. The van der Waals surface area contributed by atoms with Crippen LogP contribution in [-0.4, -0.2) is 15.7 Å². The molecule has 1 aromatic heterocycles. The smallest absolute Gasteiger partial charge is 0.226 e. The summed E-state index contributed by atoms with van der Waals surface area (Å²) in [5.41, 5.74) is 6.68. The monoisotopic (exact) mass is 313 g/mol. The minimum atomic E-state index is -0.238. The number of nitrogens with zero attached hydrogens (tertiary/aromatic N) is 2. The van der Waals surface area contributed by atoms with Gasteiger partial charge in [-0.05, 0) is 38.0 Å². The lowest BCUT2D eigenvalue weighted by atomic mass is 10.0. The summed E-state index contributed by atoms with van der Waals surface area (Å²) in [6.07, 6.45) is 2.03. The summed E-state index contributed by atoms with van der Waals surface area (Å²) >= 11 is 11.9. The molecule has 0 aliphatic rings. The van der Waals surface area contributed by atoms with E-state index in [0.29, 0.717) is 34.6 Å². The molecular formula is C14H17Cl2N3O. The average molecular weight is 314 g/mol. The van der Waals surface area contributed by atoms with E-state index in [1.165, 1.54) is 0 Å². The molecule has 0 spiro atoms. The van der Waals surface area contributed by atoms with Crippen molar-refractivity contribution in [3.63, 3.8) is 0 Å². The number of aryl methyl sites for hydroxylation is 1. The summed E-state index contributed by atoms with van der Waals surface area (Å²) in [6.45, 7) is 3.94. The Kier molecular flexibility index (Phi) is 4.68. The van der Waals surface area contributed by atoms with Crippen molar-refractivity contribution in [2.75, 3.05) is 0 Å². The Balaban J connectivity index is 2.00. The van der Waals surface area contributed by atoms with Gasteiger partial charge in [0.15, 0.2) is 5.82 Å². The predicted molar refractivity (Wildman–Crippen MR) is 80.2 cm³/mol. The molecule has 0 aliphatic heterocycles. The normalized spacial score (nSPS) is 11.8. The third kappa shape index (κ3) is 4.47. The lowest BCUT2D eigenvalue weighted by Gasteiger charge is -2.16. The van der Waals surface area contributed by atoms with Crippen LogP contribution in [-0.2, 0) is 12.8 Å². The van der Waals surface area contributed by atoms with Gasteiger partial charge < -0.3 is 10.3 Å². The van der Waals surface area contributed by atoms with Crippen LogP contribution in [0.2, 0.25) is 10.0 Å². The highest BCUT2D eigenvalue weighted by Gasteiger charge is 2.14. The fourth-order valence-corrected chi connectivity index (χ4v) is 2.05. The first kappa shape index (κ1) is 15.3. The fraction of sp³-hybridized carbons (Fsp3) is 0.429. The zero-order valence-corrected chi connectivity index (χ0v) is 13.0. The van der Waals surface area contributed by atoms with Crippen molar-refractivity contribution >= 4 is 23.2 Å². The van der Waals surface area contributed by atoms with Crippen molar-refractivity contribution < 1.29 is 4.52 Å². The number of nitrogens with two attached hydrogens (primary N) is 1. The van der Waals surface area contributed by atoms with Crippen molar-refractivity contribution in [1.29, 1.82) is 0 Å². The number of hydrogen-bond donors (Lipinski definition) is 1. The largest absolute Gasteiger partial charge is 0.339 e. The van der Waals surface area contributed by atoms with Gasteiger partial charge in [-0.15, -0.1) is 0 Å². The van der Waals surface area contributed by atoms with E-state index in [9.17, 15) is 0 Å². The van der Waals surface area contributed by atoms with E-state index in [0.717, 1.165) is 12.0 Å². The van der Waals surface area contributed by atoms with Crippen LogP contribution in [0.3, 0.4) is 0 Å². The van der Waals surface area contributed by atoms with E-state index in [-0.39, 0.29) is 5.54 Å². The van der Waals surface area contributed by atoms with Gasteiger partial charge >= 0.3 is 0 Å². The molecule has 0 aliphatic carbocycles. The maximum absolute atomic E-state index is 5.98. The average Bonchev–Trinajstić information content (AvgIpc) is 2.78. The molecule has 0 fully saturated rings. The number of aromatic nitrogens is 2. The van der Waals surface area contributed by atoms with Crippen LogP contribution < -0.4 is 5.73 Å². The van der Waals surface area contributed by atoms with Crippen molar-refractivity contribution in [3.05, 3.63) is 45.5 Å². The van der Waals surface area contributed by atoms with Crippen LogP contribution in [0.5, 0.6) is 0 Å². The Morgan fingerprint density at radius 3 is 2.65 bits per heavy atom. The molecule has 2 rings (SSSR count). The minimum absolute atomic E-state index is 0.238. The summed E-state index contributed by atoms with van der Waals surface area (Å²) in [4.78, 5) is 4.35. The Hall–Kier alpha value is -1.10. The molecule has 1 aromatic carbocycles. The third-order valence-corrected chi connectivity index (χ3v) is 3.58. The third-order valence-electron chi connectivity index (χ3n) is 2.84. The maximum Gasteiger partial charge on any atom is 0.226 e. The van der Waals surface area contributed by atoms with E-state index in [4.69, 9.17) is 33.5 Å². The van der Waals surface area contributed by atoms with E-state index >= 15 is 0 Å². The number of rotatable bonds is 5. The second-order valence-corrected chi connectivity index (χ2v) is 6.33. The van der Waals surface area contributed by atoms with E-state index in [1.807, 2.05) is 26.0 Å². The molecular weight excluding hydrogens is 297 g/mol. The molecule has 6 heteroatoms. The lowest BCUT2D eigenvalue weighted by molar-refractivity contribution is 0.355. The SMILES string of the molecule is CC(C)(N)CCc1nc(Cc2ccc(Cl)c(Cl)c2)no1. The summed E-state index contributed by atoms with van der Waals surface area (Å²) in [5.74, 6) is 1.24. The molecule has 0 bridgehead atoms. The Labute approximate surface area is 128 Å². The summed E-state index contributed by atoms with van der Waals surface area (Å²) in [7, 11) is 0. The number of benzene rings is 1. The van der Waals surface area contributed by atoms with Crippen molar-refractivity contribution in [2.24, 2.45) is 5.73 Å². The quantitative estimate of drug-likeness (QED) is 0.915. The topological polar surface area (TPSA) is 64.9 Å². The maximum atomic E-state index is 5.98. The minimum Gasteiger partial charge on any atom is -0.339 e. The number of hydrogen-bond acceptors (Lipinski definition) is 4. The van der Waals surface area contributed by atoms with Crippen LogP contribution >= 0.6 is 23.2 Å². The highest BCUT2D eigenvalue weighted by Crippen LogP contribution is 2.23. The van der Waals surface area contributed by atoms with Gasteiger partial charge in [0, 0.05) is 18.4 Å². The summed E-state index contributed by atoms with van der Waals surface area (Å²) in [5, 5.41) is 5.02. The molecule has 108 valence electrons. The van der Waals surface area contributed by atoms with Gasteiger partial charge in [0.1, 0.15) is 0 Å². The van der Waals surface area contributed by atoms with Gasteiger partial charge in [-0.1, -0.05) is 34.4 Å². The molecule has 0 amide bonds. The number of halogens is 2. The molecule has 0 saturated carbocycles. The molecule has 20 heavy (non-hydrogen) atoms. The lowest BCUT2D eigenvalue weighted by Crippen LogP contribution is -2.32. The van der Waals surface area contributed by atoms with Gasteiger partial charge in [0.05, 0.1) is 10.0 Å². The molecule has 0 atom stereocenters. The van der Waals surface area contributed by atoms with Gasteiger partial charge in [-0.2, -0.15) is 4.98 Å². The molecule has 0 unspecified atom stereocenters. The highest BCUT2D eigenvalue weighted by molar-refractivity contribution is 6.42. The summed E-state index contributed by atoms with van der Waals surface area (Å²) < 4.78 is 5.21. The first-order valence-electron chi connectivity index (χ1n) is 6.38. The van der Waals surface area contributed by atoms with Gasteiger partial charge in [-0.3, -0.25) is 0 Å². The van der Waals surface area contributed by atoms with Gasteiger partial charge in [-0.25, -0.2) is 0 Å². The van der Waals surface area contributed by atoms with Crippen LogP contribution in [0.1, 0.15) is 37.5 Å². The van der Waals surface area contributed by atoms with Crippen molar-refractivity contribution in [3.8, 4) is 0 Å². The second kappa shape index (κ2) is 6.12. The van der Waals surface area contributed by atoms with E-state index < -0.39 is 0 Å². The predicted octanol–water partition coefficient (Wildman–Crippen LogP) is 3.64. The van der Waals surface area contributed by atoms with Crippen molar-refractivity contribution in [1.82, 2.24) is 10.1 Å². The van der Waals surface area contributed by atoms with Crippen LogP contribution in [0.4, 0.5) is 0 Å². The zero-order chi connectivity index (χ0) is 14.8. The Morgan fingerprint density at radius 2 is 2.00 bits per heavy atom. The van der Waals surface area contributed by atoms with Crippen LogP contribution in [0.25, 0.3) is 0 Å². The van der Waals surface area contributed by atoms with Crippen molar-refractivity contribution in [2.45, 2.75) is 38.6 Å². The zero-order valence-electron chi connectivity index (χ0n) is 11.5. The van der Waals surface area contributed by atoms with Gasteiger partial charge in [0.25, 0.3) is 0 Å². The van der Waals surface area contributed by atoms with E-state index in [2.05, 4.69) is 10.1 Å². The van der Waals surface area contributed by atoms with Crippen LogP contribution in [0.15, 0.2) is 22.7 Å². The first-order chi connectivity index (χ1) is 9.33. The second-order valence-electron chi connectivity index (χ2n) is 5.52. The molecule has 2 aromatic rings. The first-order valence-corrected chi connectivity index (χ1v) is 7.13. The fourth-order valence-electron chi connectivity index (χ4n) is 1.72. The molecule has 0 saturated heterocycles. The molecule has 2 N–H and O–H groups in total. The van der Waals surface area contributed by atoms with E-state index in [1.54, 1.807) is 6.07 Å². The standard InChI is InChI=1S/C14H17Cl2N3O/c1-14(2,17)6-5-13-18-12(19-20-13)8-9-3-4-10(15)11(16)7-9/h3-4,7H,5-6,8,17H2,1-2H3. The summed E-state index contributed by atoms with van der Waals surface area (Å²) in [6, 6.07) is 5.47. The molecule has 4 nitrogen and oxygen atoms in total. The molecule has 0 radical (unpaired) electrons. The highest BCUT2D eigenvalue weighted by atomic mass is 35.5. The van der Waals surface area contributed by atoms with Crippen LogP contribution in [0, 0.1) is 0 Å². The van der Waals surface area contributed by atoms with Gasteiger partial charge in [0.2, 0.25) is 5.89 Å².